The van der Waals surface area contributed by atoms with Crippen LogP contribution in [0.1, 0.15) is 51.0 Å². The Morgan fingerprint density at radius 3 is 2.47 bits per heavy atom. The number of rotatable bonds is 13. The van der Waals surface area contributed by atoms with E-state index in [-0.39, 0.29) is 25.2 Å². The number of thioether (sulfide) groups is 1. The minimum absolute atomic E-state index is 0.229. The quantitative estimate of drug-likeness (QED) is 0.245. The van der Waals surface area contributed by atoms with Crippen LogP contribution in [0.2, 0.25) is 0 Å². The van der Waals surface area contributed by atoms with Gasteiger partial charge in [-0.05, 0) is 49.8 Å². The number of carbonyl (C=O) groups excluding carboxylic acids is 3. The second-order valence-electron chi connectivity index (χ2n) is 10.9. The number of fused-ring (bicyclic) bond motifs is 1. The molecule has 2 aliphatic rings. The molecule has 232 valence electrons. The van der Waals surface area contributed by atoms with Gasteiger partial charge in [-0.1, -0.05) is 61.7 Å². The summed E-state index contributed by atoms with van der Waals surface area (Å²) < 4.78 is 10.8. The van der Waals surface area contributed by atoms with Crippen molar-refractivity contribution in [2.24, 2.45) is 5.92 Å². The first-order chi connectivity index (χ1) is 20.9. The van der Waals surface area contributed by atoms with Gasteiger partial charge in [0.1, 0.15) is 19.2 Å². The zero-order valence-corrected chi connectivity index (χ0v) is 25.4. The molecule has 0 aromatic heterocycles. The van der Waals surface area contributed by atoms with Gasteiger partial charge in [-0.25, -0.2) is 4.79 Å². The number of benzene rings is 2. The molecule has 2 N–H and O–H groups in total. The largest absolute Gasteiger partial charge is 0.480 e. The van der Waals surface area contributed by atoms with E-state index in [1.807, 2.05) is 42.5 Å². The summed E-state index contributed by atoms with van der Waals surface area (Å²) >= 11 is 1.46. The number of unbranched alkanes of at least 4 members (excludes halogenated alkanes) is 1. The monoisotopic (exact) mass is 611 g/mol. The molecule has 4 rings (SSSR count). The molecule has 2 amide bonds. The molecule has 1 unspecified atom stereocenters. The fourth-order valence-electron chi connectivity index (χ4n) is 5.52. The fraction of sp³-hybridized carbons (Fsp3) is 0.500. The van der Waals surface area contributed by atoms with Gasteiger partial charge in [0, 0.05) is 23.7 Å². The highest BCUT2D eigenvalue weighted by Gasteiger charge is 2.35. The van der Waals surface area contributed by atoms with Gasteiger partial charge >= 0.3 is 18.0 Å². The number of anilines is 1. The van der Waals surface area contributed by atoms with Crippen molar-refractivity contribution in [3.63, 3.8) is 0 Å². The predicted octanol–water partition coefficient (Wildman–Crippen LogP) is 4.71. The Morgan fingerprint density at radius 2 is 1.74 bits per heavy atom. The first kappa shape index (κ1) is 32.3. The number of esters is 1. The van der Waals surface area contributed by atoms with E-state index in [4.69, 9.17) is 9.47 Å². The molecule has 0 spiro atoms. The molecular formula is C32H41N3O7S. The van der Waals surface area contributed by atoms with Crippen LogP contribution in [-0.2, 0) is 30.5 Å². The van der Waals surface area contributed by atoms with Gasteiger partial charge in [-0.2, -0.15) is 0 Å². The van der Waals surface area contributed by atoms with Gasteiger partial charge in [-0.15, -0.1) is 11.8 Å². The molecule has 2 heterocycles. The minimum Gasteiger partial charge on any atom is -0.480 e. The number of carboxylic acids is 1. The number of hydrogen-bond acceptors (Lipinski definition) is 8. The second-order valence-corrected chi connectivity index (χ2v) is 11.9. The molecule has 10 nitrogen and oxygen atoms in total. The number of carboxylic acid groups (broad SMARTS) is 1. The summed E-state index contributed by atoms with van der Waals surface area (Å²) in [6.45, 7) is 3.13. The molecule has 0 saturated carbocycles. The first-order valence-electron chi connectivity index (χ1n) is 15.0. The zero-order valence-electron chi connectivity index (χ0n) is 24.6. The Morgan fingerprint density at radius 1 is 1.02 bits per heavy atom. The van der Waals surface area contributed by atoms with Crippen molar-refractivity contribution in [1.29, 1.82) is 0 Å². The summed E-state index contributed by atoms with van der Waals surface area (Å²) in [5, 5.41) is 12.7. The zero-order chi connectivity index (χ0) is 30.6. The normalized spacial score (nSPS) is 18.0. The number of nitrogens with zero attached hydrogens (tertiary/aromatic N) is 2. The molecule has 0 aliphatic carbocycles. The van der Waals surface area contributed by atoms with Crippen LogP contribution in [0.5, 0.6) is 0 Å². The molecule has 2 aromatic carbocycles. The topological polar surface area (TPSA) is 125 Å². The third-order valence-corrected chi connectivity index (χ3v) is 8.98. The Hall–Kier alpha value is -3.57. The maximum absolute atomic E-state index is 13.5. The van der Waals surface area contributed by atoms with Crippen molar-refractivity contribution in [2.45, 2.75) is 69.0 Å². The standard InChI is InChI=1S/C32H41N3O7S/c1-2-41-31(39)25(33-26-22-43-28-15-9-8-14-27(28)35(30(26)38)20-29(36)37)13-7-6-10-23-16-18-34(19-17-23)32(40)42-21-24-11-4-3-5-12-24/h3-5,8-9,11-12,14-15,23,25-26,33H,2,6-7,10,13,16-22H2,1H3,(H,36,37)/t25-,26?/m1/s1. The van der Waals surface area contributed by atoms with E-state index in [1.54, 1.807) is 24.0 Å². The highest BCUT2D eigenvalue weighted by Crippen LogP contribution is 2.34. The number of para-hydroxylation sites is 1. The third-order valence-electron chi connectivity index (χ3n) is 7.83. The molecule has 0 bridgehead atoms. The average Bonchev–Trinajstić information content (AvgIpc) is 3.14. The molecule has 11 heteroatoms. The third kappa shape index (κ3) is 9.46. The first-order valence-corrected chi connectivity index (χ1v) is 16.0. The van der Waals surface area contributed by atoms with Crippen LogP contribution in [0.25, 0.3) is 0 Å². The van der Waals surface area contributed by atoms with E-state index >= 15 is 0 Å². The average molecular weight is 612 g/mol. The smallest absolute Gasteiger partial charge is 0.410 e. The molecule has 1 fully saturated rings. The molecule has 2 atom stereocenters. The van der Waals surface area contributed by atoms with Crippen LogP contribution in [0.15, 0.2) is 59.5 Å². The van der Waals surface area contributed by atoms with Crippen LogP contribution in [0, 0.1) is 5.92 Å². The lowest BCUT2D eigenvalue weighted by Crippen LogP contribution is -2.54. The van der Waals surface area contributed by atoms with Crippen molar-refractivity contribution in [2.75, 3.05) is 36.9 Å². The maximum atomic E-state index is 13.5. The van der Waals surface area contributed by atoms with Crippen LogP contribution < -0.4 is 10.2 Å². The van der Waals surface area contributed by atoms with Gasteiger partial charge in [0.2, 0.25) is 5.91 Å². The van der Waals surface area contributed by atoms with E-state index in [1.165, 1.54) is 16.7 Å². The summed E-state index contributed by atoms with van der Waals surface area (Å²) in [5.41, 5.74) is 1.53. The molecule has 43 heavy (non-hydrogen) atoms. The number of piperidine rings is 1. The highest BCUT2D eigenvalue weighted by molar-refractivity contribution is 7.99. The van der Waals surface area contributed by atoms with Gasteiger partial charge in [0.15, 0.2) is 0 Å². The second kappa shape index (κ2) is 16.3. The number of hydrogen-bond donors (Lipinski definition) is 2. The van der Waals surface area contributed by atoms with E-state index in [2.05, 4.69) is 5.32 Å². The molecule has 1 saturated heterocycles. The Balaban J connectivity index is 1.25. The SMILES string of the molecule is CCOC(=O)[C@@H](CCCCC1CCN(C(=O)OCc2ccccc2)CC1)NC1CSc2ccccc2N(CC(=O)O)C1=O. The lowest BCUT2D eigenvalue weighted by atomic mass is 9.91. The molecule has 2 aromatic rings. The molecule has 2 aliphatic heterocycles. The van der Waals surface area contributed by atoms with Gasteiger partial charge in [0.25, 0.3) is 0 Å². The number of amides is 2. The van der Waals surface area contributed by atoms with Crippen LogP contribution >= 0.6 is 11.8 Å². The highest BCUT2D eigenvalue weighted by atomic mass is 32.2. The summed E-state index contributed by atoms with van der Waals surface area (Å²) in [4.78, 5) is 54.3. The van der Waals surface area contributed by atoms with Crippen molar-refractivity contribution < 1.29 is 33.8 Å². The van der Waals surface area contributed by atoms with Gasteiger partial charge in [0.05, 0.1) is 18.3 Å². The minimum atomic E-state index is -1.11. The predicted molar refractivity (Wildman–Crippen MR) is 164 cm³/mol. The lowest BCUT2D eigenvalue weighted by molar-refractivity contribution is -0.146. The van der Waals surface area contributed by atoms with E-state index in [0.29, 0.717) is 36.9 Å². The van der Waals surface area contributed by atoms with E-state index < -0.39 is 30.6 Å². The maximum Gasteiger partial charge on any atom is 0.410 e. The summed E-state index contributed by atoms with van der Waals surface area (Å²) in [7, 11) is 0. The number of likely N-dealkylation sites (tertiary alicyclic amines) is 1. The molecule has 0 radical (unpaired) electrons. The molecular weight excluding hydrogens is 570 g/mol. The van der Waals surface area contributed by atoms with Crippen molar-refractivity contribution in [3.05, 3.63) is 60.2 Å². The number of carbonyl (C=O) groups is 4. The number of nitrogens with one attached hydrogen (secondary N) is 1. The fourth-order valence-corrected chi connectivity index (χ4v) is 6.61. The Bertz CT molecular complexity index is 1240. The van der Waals surface area contributed by atoms with Crippen molar-refractivity contribution >= 4 is 41.4 Å². The lowest BCUT2D eigenvalue weighted by Gasteiger charge is -2.31. The van der Waals surface area contributed by atoms with Crippen LogP contribution in [-0.4, -0.2) is 78.0 Å². The van der Waals surface area contributed by atoms with E-state index in [0.717, 1.165) is 42.6 Å². The van der Waals surface area contributed by atoms with Crippen molar-refractivity contribution in [3.8, 4) is 0 Å². The summed E-state index contributed by atoms with van der Waals surface area (Å²) in [5.74, 6) is -1.02. The Kier molecular flexibility index (Phi) is 12.3. The number of aliphatic carboxylic acids is 1. The summed E-state index contributed by atoms with van der Waals surface area (Å²) in [6.07, 6.45) is 4.71. The van der Waals surface area contributed by atoms with Crippen LogP contribution in [0.4, 0.5) is 10.5 Å². The van der Waals surface area contributed by atoms with Crippen LogP contribution in [0.3, 0.4) is 0 Å². The number of ether oxygens (including phenoxy) is 2. The van der Waals surface area contributed by atoms with Gasteiger partial charge in [-0.3, -0.25) is 24.6 Å². The van der Waals surface area contributed by atoms with Gasteiger partial charge < -0.3 is 19.5 Å². The van der Waals surface area contributed by atoms with Crippen molar-refractivity contribution in [1.82, 2.24) is 10.2 Å². The van der Waals surface area contributed by atoms with E-state index in [9.17, 15) is 24.3 Å². The summed E-state index contributed by atoms with van der Waals surface area (Å²) in [6, 6.07) is 15.5. The Labute approximate surface area is 257 Å².